The van der Waals surface area contributed by atoms with Gasteiger partial charge in [0.05, 0.1) is 26.4 Å². The van der Waals surface area contributed by atoms with Crippen LogP contribution >= 0.6 is 15.6 Å². The van der Waals surface area contributed by atoms with Crippen LogP contribution < -0.4 is 0 Å². The van der Waals surface area contributed by atoms with Crippen LogP contribution in [0.3, 0.4) is 0 Å². The fraction of sp³-hybridized carbons (Fsp3) is 0.855. The lowest BCUT2D eigenvalue weighted by Gasteiger charge is -2.21. The van der Waals surface area contributed by atoms with Crippen molar-refractivity contribution in [2.24, 2.45) is 5.92 Å². The molecular weight excluding hydrogens is 1330 g/mol. The monoisotopic (exact) mass is 1490 g/mol. The Bertz CT molecular complexity index is 2140. The minimum Gasteiger partial charge on any atom is -0.462 e. The zero-order chi connectivity index (χ0) is 74.8. The summed E-state index contributed by atoms with van der Waals surface area (Å²) in [5, 5.41) is 10.6. The second-order valence-corrected chi connectivity index (χ2v) is 31.6. The van der Waals surface area contributed by atoms with E-state index in [4.69, 9.17) is 37.0 Å². The molecule has 0 aliphatic heterocycles. The predicted molar refractivity (Wildman–Crippen MR) is 418 cm³/mol. The first kappa shape index (κ1) is 99.0. The number of phosphoric acid groups is 2. The van der Waals surface area contributed by atoms with E-state index in [0.717, 1.165) is 128 Å². The number of rotatable bonds is 79. The Morgan fingerprint density at radius 1 is 0.314 bits per heavy atom. The van der Waals surface area contributed by atoms with Gasteiger partial charge in [-0.3, -0.25) is 37.3 Å². The van der Waals surface area contributed by atoms with E-state index in [1.165, 1.54) is 186 Å². The Balaban J connectivity index is 5.32. The summed E-state index contributed by atoms with van der Waals surface area (Å²) in [6.45, 7) is 7.20. The third-order valence-corrected chi connectivity index (χ3v) is 20.5. The molecule has 0 spiro atoms. The molecule has 0 aromatic rings. The van der Waals surface area contributed by atoms with Crippen LogP contribution in [0.25, 0.3) is 0 Å². The van der Waals surface area contributed by atoms with Crippen molar-refractivity contribution in [3.8, 4) is 0 Å². The maximum atomic E-state index is 13.1. The normalized spacial score (nSPS) is 14.4. The van der Waals surface area contributed by atoms with Crippen LogP contribution in [-0.4, -0.2) is 96.7 Å². The molecule has 17 nitrogen and oxygen atoms in total. The zero-order valence-corrected chi connectivity index (χ0v) is 67.5. The molecule has 0 fully saturated rings. The van der Waals surface area contributed by atoms with Crippen LogP contribution in [0, 0.1) is 5.92 Å². The summed E-state index contributed by atoms with van der Waals surface area (Å²) in [5.41, 5.74) is 0. The number of carbonyl (C=O) groups is 4. The van der Waals surface area contributed by atoms with Crippen molar-refractivity contribution in [3.05, 3.63) is 48.6 Å². The quantitative estimate of drug-likeness (QED) is 0.0169. The van der Waals surface area contributed by atoms with Gasteiger partial charge in [0, 0.05) is 25.7 Å². The molecule has 0 aliphatic carbocycles. The summed E-state index contributed by atoms with van der Waals surface area (Å²) in [6, 6.07) is 0. The molecule has 6 atom stereocenters. The number of hydrogen-bond acceptors (Lipinski definition) is 15. The van der Waals surface area contributed by atoms with Gasteiger partial charge in [-0.1, -0.05) is 340 Å². The molecule has 0 bridgehead atoms. The minimum absolute atomic E-state index is 0.0826. The summed E-state index contributed by atoms with van der Waals surface area (Å²) in [6.07, 6.45) is 72.3. The van der Waals surface area contributed by atoms with E-state index in [9.17, 15) is 43.2 Å². The first-order valence-electron chi connectivity index (χ1n) is 41.8. The predicted octanol–water partition coefficient (Wildman–Crippen LogP) is 24.3. The Morgan fingerprint density at radius 3 is 0.833 bits per heavy atom. The molecule has 0 aromatic heterocycles. The summed E-state index contributed by atoms with van der Waals surface area (Å²) < 4.78 is 68.7. The van der Waals surface area contributed by atoms with E-state index >= 15 is 0 Å². The van der Waals surface area contributed by atoms with Gasteiger partial charge in [0.2, 0.25) is 0 Å². The highest BCUT2D eigenvalue weighted by molar-refractivity contribution is 7.47. The van der Waals surface area contributed by atoms with Gasteiger partial charge in [0.25, 0.3) is 0 Å². The topological polar surface area (TPSA) is 237 Å². The molecule has 0 aliphatic rings. The van der Waals surface area contributed by atoms with Crippen molar-refractivity contribution in [3.63, 3.8) is 0 Å². The lowest BCUT2D eigenvalue weighted by molar-refractivity contribution is -0.161. The zero-order valence-electron chi connectivity index (χ0n) is 65.7. The maximum absolute atomic E-state index is 13.1. The van der Waals surface area contributed by atoms with Crippen molar-refractivity contribution in [1.82, 2.24) is 0 Å². The van der Waals surface area contributed by atoms with Gasteiger partial charge in [-0.15, -0.1) is 0 Å². The fourth-order valence-corrected chi connectivity index (χ4v) is 13.4. The first-order valence-corrected chi connectivity index (χ1v) is 44.8. The van der Waals surface area contributed by atoms with Crippen molar-refractivity contribution in [1.29, 1.82) is 0 Å². The Labute approximate surface area is 623 Å². The standard InChI is InChI=1S/C83H154O17P2/c1-6-10-13-16-19-22-25-28-31-32-33-34-35-38-41-44-47-54-59-64-69-82(87)99-78(72-93-80(85)66-61-56-51-45-42-39-36-29-26-23-20-17-14-11-7-2)74-97-101(89,90)95-70-77(84)71-96-102(91,92)98-75-79(73-94-81(86)67-62-57-52-49-48-50-55-60-65-76(5)9-4)100-83(88)68-63-58-53-46-43-40-37-30-27-24-21-18-15-12-8-3/h23-24,26-27,29-30,36-37,76-79,84H,6-22,25,28,31-35,38-75H2,1-5H3,(H,89,90)(H,91,92)/b26-23-,27-24-,36-29-,37-30-/t76?,77-,78-,79-/m1/s1. The average molecular weight is 1490 g/mol. The third kappa shape index (κ3) is 73.9. The molecule has 598 valence electrons. The van der Waals surface area contributed by atoms with E-state index < -0.39 is 97.5 Å². The molecule has 0 saturated heterocycles. The third-order valence-electron chi connectivity index (χ3n) is 18.6. The van der Waals surface area contributed by atoms with Crippen LogP contribution in [0.5, 0.6) is 0 Å². The molecule has 3 N–H and O–H groups in total. The molecule has 19 heteroatoms. The van der Waals surface area contributed by atoms with E-state index in [0.29, 0.717) is 25.7 Å². The van der Waals surface area contributed by atoms with Gasteiger partial charge in [-0.25, -0.2) is 9.13 Å². The van der Waals surface area contributed by atoms with Crippen LogP contribution in [0.15, 0.2) is 48.6 Å². The first-order chi connectivity index (χ1) is 49.6. The highest BCUT2D eigenvalue weighted by Crippen LogP contribution is 2.45. The number of carbonyl (C=O) groups excluding carboxylic acids is 4. The molecule has 0 rings (SSSR count). The van der Waals surface area contributed by atoms with Gasteiger partial charge in [0.15, 0.2) is 12.2 Å². The second kappa shape index (κ2) is 74.9. The molecule has 102 heavy (non-hydrogen) atoms. The van der Waals surface area contributed by atoms with Crippen LogP contribution in [0.2, 0.25) is 0 Å². The molecule has 0 amide bonds. The number of aliphatic hydroxyl groups excluding tert-OH is 1. The number of allylic oxidation sites excluding steroid dienone is 8. The summed E-state index contributed by atoms with van der Waals surface area (Å²) >= 11 is 0. The Kier molecular flexibility index (Phi) is 72.7. The van der Waals surface area contributed by atoms with Crippen LogP contribution in [0.4, 0.5) is 0 Å². The average Bonchev–Trinajstić information content (AvgIpc) is 0.918. The summed E-state index contributed by atoms with van der Waals surface area (Å²) in [7, 11) is -9.95. The number of esters is 4. The summed E-state index contributed by atoms with van der Waals surface area (Å²) in [5.74, 6) is -1.39. The lowest BCUT2D eigenvalue weighted by atomic mass is 9.99. The number of unbranched alkanes of at least 4 members (excludes halogenated alkanes) is 44. The van der Waals surface area contributed by atoms with Crippen molar-refractivity contribution in [2.75, 3.05) is 39.6 Å². The molecule has 0 heterocycles. The van der Waals surface area contributed by atoms with Gasteiger partial charge < -0.3 is 33.8 Å². The van der Waals surface area contributed by atoms with E-state index in [2.05, 4.69) is 83.2 Å². The number of aliphatic hydroxyl groups is 1. The molecule has 3 unspecified atom stereocenters. The van der Waals surface area contributed by atoms with Gasteiger partial charge in [-0.05, 0) is 83.0 Å². The Hall–Kier alpha value is -2.98. The Morgan fingerprint density at radius 2 is 0.549 bits per heavy atom. The molecule has 0 saturated carbocycles. The molecular formula is C83H154O17P2. The number of hydrogen-bond donors (Lipinski definition) is 3. The van der Waals surface area contributed by atoms with Crippen molar-refractivity contribution < 1.29 is 80.2 Å². The van der Waals surface area contributed by atoms with Crippen LogP contribution in [-0.2, 0) is 65.4 Å². The molecule has 0 radical (unpaired) electrons. The van der Waals surface area contributed by atoms with Crippen molar-refractivity contribution in [2.45, 2.75) is 412 Å². The van der Waals surface area contributed by atoms with Gasteiger partial charge in [0.1, 0.15) is 19.3 Å². The molecule has 0 aromatic carbocycles. The second-order valence-electron chi connectivity index (χ2n) is 28.7. The summed E-state index contributed by atoms with van der Waals surface area (Å²) in [4.78, 5) is 73.1. The van der Waals surface area contributed by atoms with E-state index in [1.807, 2.05) is 0 Å². The fourth-order valence-electron chi connectivity index (χ4n) is 11.8. The number of phosphoric ester groups is 2. The largest absolute Gasteiger partial charge is 0.472 e. The van der Waals surface area contributed by atoms with E-state index in [-0.39, 0.29) is 25.7 Å². The maximum Gasteiger partial charge on any atom is 0.472 e. The van der Waals surface area contributed by atoms with Crippen LogP contribution in [0.1, 0.15) is 394 Å². The highest BCUT2D eigenvalue weighted by atomic mass is 31.2. The van der Waals surface area contributed by atoms with Crippen molar-refractivity contribution >= 4 is 39.5 Å². The van der Waals surface area contributed by atoms with E-state index in [1.54, 1.807) is 0 Å². The van der Waals surface area contributed by atoms with Gasteiger partial charge in [-0.2, -0.15) is 0 Å². The SMILES string of the molecule is CCCCCC/C=C\C=C/CCCCCCCC(=O)OC[C@H](COP(=O)(O)OC[C@@H](O)COP(=O)(O)OC[C@@H](COC(=O)CCCCCCCCCCC(C)CC)OC(=O)CCCCCCC/C=C\C=C/CCCCCC)OC(=O)CCCCCCCCCCCCCCCCCCCCCC. The smallest absolute Gasteiger partial charge is 0.462 e. The highest BCUT2D eigenvalue weighted by Gasteiger charge is 2.30. The van der Waals surface area contributed by atoms with Gasteiger partial charge >= 0.3 is 39.5 Å². The lowest BCUT2D eigenvalue weighted by Crippen LogP contribution is -2.30. The number of ether oxygens (including phenoxy) is 4. The minimum atomic E-state index is -4.97.